The van der Waals surface area contributed by atoms with Crippen molar-refractivity contribution in [3.05, 3.63) is 91.0 Å². The number of halogens is 1. The average molecular weight is 387 g/mol. The summed E-state index contributed by atoms with van der Waals surface area (Å²) < 4.78 is 0. The zero-order valence-corrected chi connectivity index (χ0v) is 15.6. The van der Waals surface area contributed by atoms with Crippen LogP contribution in [-0.2, 0) is 0 Å². The van der Waals surface area contributed by atoms with Gasteiger partial charge < -0.3 is 5.73 Å². The van der Waals surface area contributed by atoms with Crippen molar-refractivity contribution < 1.29 is 0 Å². The minimum Gasteiger partial charge on any atom is -0.327 e. The van der Waals surface area contributed by atoms with Gasteiger partial charge >= 0.3 is 0 Å². The predicted octanol–water partition coefficient (Wildman–Crippen LogP) is 3.52. The van der Waals surface area contributed by atoms with Crippen LogP contribution < -0.4 is 21.6 Å². The molecule has 0 unspecified atom stereocenters. The maximum atomic E-state index is 6.05. The van der Waals surface area contributed by atoms with E-state index in [4.69, 9.17) is 5.73 Å². The summed E-state index contributed by atoms with van der Waals surface area (Å²) in [5.41, 5.74) is 6.05. The molecular weight excluding hydrogens is 365 g/mol. The molecule has 118 valence electrons. The molecule has 0 bridgehead atoms. The lowest BCUT2D eigenvalue weighted by Crippen LogP contribution is -2.35. The van der Waals surface area contributed by atoms with Crippen LogP contribution in [0.5, 0.6) is 0 Å². The summed E-state index contributed by atoms with van der Waals surface area (Å²) in [5, 5.41) is 4.20. The highest BCUT2D eigenvalue weighted by Gasteiger charge is 2.44. The SMILES string of the molecule is Br.NCC[P+](c1ccccc1)(c1ccccc1)c1ccccc1. The molecule has 1 nitrogen and oxygen atoms in total. The normalized spacial score (nSPS) is 10.8. The van der Waals surface area contributed by atoms with Crippen molar-refractivity contribution in [1.82, 2.24) is 0 Å². The quantitative estimate of drug-likeness (QED) is 0.667. The molecule has 0 aliphatic heterocycles. The third-order valence-electron chi connectivity index (χ3n) is 4.06. The van der Waals surface area contributed by atoms with Crippen LogP contribution >= 0.6 is 24.2 Å². The Bertz CT molecular complexity index is 605. The van der Waals surface area contributed by atoms with Gasteiger partial charge in [-0.15, -0.1) is 17.0 Å². The van der Waals surface area contributed by atoms with Crippen molar-refractivity contribution in [2.75, 3.05) is 12.7 Å². The zero-order valence-electron chi connectivity index (χ0n) is 13.0. The van der Waals surface area contributed by atoms with Gasteiger partial charge in [-0.05, 0) is 36.4 Å². The molecule has 0 saturated heterocycles. The second kappa shape index (κ2) is 8.40. The highest BCUT2D eigenvalue weighted by atomic mass is 79.9. The summed E-state index contributed by atoms with van der Waals surface area (Å²) >= 11 is 0. The van der Waals surface area contributed by atoms with Crippen molar-refractivity contribution in [2.45, 2.75) is 0 Å². The molecule has 0 spiro atoms. The van der Waals surface area contributed by atoms with E-state index in [9.17, 15) is 0 Å². The lowest BCUT2D eigenvalue weighted by Gasteiger charge is -2.27. The molecular formula is C20H22BrNP+. The van der Waals surface area contributed by atoms with Gasteiger partial charge in [-0.25, -0.2) is 0 Å². The summed E-state index contributed by atoms with van der Waals surface area (Å²) in [6.45, 7) is 0.687. The van der Waals surface area contributed by atoms with E-state index in [0.29, 0.717) is 6.54 Å². The van der Waals surface area contributed by atoms with Crippen molar-refractivity contribution in [3.8, 4) is 0 Å². The second-order valence-electron chi connectivity index (χ2n) is 5.33. The van der Waals surface area contributed by atoms with Crippen LogP contribution in [0.4, 0.5) is 0 Å². The van der Waals surface area contributed by atoms with E-state index in [0.717, 1.165) is 6.16 Å². The van der Waals surface area contributed by atoms with Gasteiger partial charge in [0.15, 0.2) is 0 Å². The fourth-order valence-electron chi connectivity index (χ4n) is 3.08. The first-order valence-electron chi connectivity index (χ1n) is 7.63. The molecule has 3 rings (SSSR count). The molecule has 0 radical (unpaired) electrons. The monoisotopic (exact) mass is 386 g/mol. The third kappa shape index (κ3) is 3.55. The fourth-order valence-corrected chi connectivity index (χ4v) is 7.18. The first kappa shape index (κ1) is 17.9. The van der Waals surface area contributed by atoms with Gasteiger partial charge in [0, 0.05) is 6.54 Å². The van der Waals surface area contributed by atoms with E-state index < -0.39 is 7.26 Å². The standard InChI is InChI=1S/C20H21NP.BrH/c21-16-17-22(18-10-4-1-5-11-18,19-12-6-2-7-13-19)20-14-8-3-9-15-20;/h1-15H,16-17,21H2;1H/q+1;. The lowest BCUT2D eigenvalue weighted by atomic mass is 10.4. The van der Waals surface area contributed by atoms with Crippen LogP contribution in [0, 0.1) is 0 Å². The molecule has 3 aromatic rings. The Morgan fingerprint density at radius 3 is 1.13 bits per heavy atom. The number of benzene rings is 3. The van der Waals surface area contributed by atoms with Crippen molar-refractivity contribution in [2.24, 2.45) is 5.73 Å². The molecule has 0 aromatic heterocycles. The molecule has 0 heterocycles. The molecule has 0 aliphatic rings. The molecule has 3 heteroatoms. The Kier molecular flexibility index (Phi) is 6.53. The number of nitrogens with two attached hydrogens (primary N) is 1. The average Bonchev–Trinajstić information content (AvgIpc) is 2.62. The lowest BCUT2D eigenvalue weighted by molar-refractivity contribution is 1.14. The maximum absolute atomic E-state index is 6.05. The summed E-state index contributed by atoms with van der Waals surface area (Å²) in [5.74, 6) is 0. The van der Waals surface area contributed by atoms with Crippen LogP contribution in [-0.4, -0.2) is 12.7 Å². The largest absolute Gasteiger partial charge is 0.327 e. The van der Waals surface area contributed by atoms with E-state index in [1.165, 1.54) is 15.9 Å². The van der Waals surface area contributed by atoms with E-state index in [1.54, 1.807) is 0 Å². The first-order valence-corrected chi connectivity index (χ1v) is 9.60. The minimum absolute atomic E-state index is 0. The Morgan fingerprint density at radius 1 is 0.565 bits per heavy atom. The smallest absolute Gasteiger partial charge is 0.113 e. The predicted molar refractivity (Wildman–Crippen MR) is 109 cm³/mol. The molecule has 3 aromatic carbocycles. The van der Waals surface area contributed by atoms with Crippen LogP contribution in [0.25, 0.3) is 0 Å². The summed E-state index contributed by atoms with van der Waals surface area (Å²) in [6.07, 6.45) is 0.991. The second-order valence-corrected chi connectivity index (χ2v) is 8.94. The Labute approximate surface area is 149 Å². The van der Waals surface area contributed by atoms with E-state index in [2.05, 4.69) is 91.0 Å². The fraction of sp³-hybridized carbons (Fsp3) is 0.100. The Morgan fingerprint density at radius 2 is 0.870 bits per heavy atom. The summed E-state index contributed by atoms with van der Waals surface area (Å²) in [6, 6.07) is 32.5. The summed E-state index contributed by atoms with van der Waals surface area (Å²) in [7, 11) is -1.68. The Hall–Kier alpha value is -1.47. The van der Waals surface area contributed by atoms with Gasteiger partial charge in [-0.1, -0.05) is 54.6 Å². The van der Waals surface area contributed by atoms with Gasteiger partial charge in [-0.3, -0.25) is 0 Å². The van der Waals surface area contributed by atoms with Gasteiger partial charge in [-0.2, -0.15) is 0 Å². The van der Waals surface area contributed by atoms with Crippen LogP contribution in [0.3, 0.4) is 0 Å². The van der Waals surface area contributed by atoms with Gasteiger partial charge in [0.1, 0.15) is 23.2 Å². The summed E-state index contributed by atoms with van der Waals surface area (Å²) in [4.78, 5) is 0. The number of rotatable bonds is 5. The van der Waals surface area contributed by atoms with Crippen LogP contribution in [0.2, 0.25) is 0 Å². The first-order chi connectivity index (χ1) is 10.9. The van der Waals surface area contributed by atoms with Crippen LogP contribution in [0.1, 0.15) is 0 Å². The van der Waals surface area contributed by atoms with E-state index >= 15 is 0 Å². The number of hydrogen-bond acceptors (Lipinski definition) is 1. The highest BCUT2D eigenvalue weighted by Crippen LogP contribution is 2.54. The molecule has 0 atom stereocenters. The number of hydrogen-bond donors (Lipinski definition) is 1. The molecule has 0 amide bonds. The van der Waals surface area contributed by atoms with Gasteiger partial charge in [0.25, 0.3) is 0 Å². The topological polar surface area (TPSA) is 26.0 Å². The molecule has 0 fully saturated rings. The Balaban J connectivity index is 0.00000192. The highest BCUT2D eigenvalue weighted by molar-refractivity contribution is 8.93. The van der Waals surface area contributed by atoms with Gasteiger partial charge in [0.05, 0.1) is 6.16 Å². The maximum Gasteiger partial charge on any atom is 0.113 e. The van der Waals surface area contributed by atoms with E-state index in [1.807, 2.05) is 0 Å². The molecule has 23 heavy (non-hydrogen) atoms. The van der Waals surface area contributed by atoms with Crippen LogP contribution in [0.15, 0.2) is 91.0 Å². The van der Waals surface area contributed by atoms with Crippen molar-refractivity contribution in [1.29, 1.82) is 0 Å². The van der Waals surface area contributed by atoms with Crippen molar-refractivity contribution in [3.63, 3.8) is 0 Å². The zero-order chi connectivity index (χ0) is 15.3. The van der Waals surface area contributed by atoms with E-state index in [-0.39, 0.29) is 17.0 Å². The molecule has 2 N–H and O–H groups in total. The van der Waals surface area contributed by atoms with Gasteiger partial charge in [0.2, 0.25) is 0 Å². The molecule has 0 saturated carbocycles. The van der Waals surface area contributed by atoms with Crippen molar-refractivity contribution >= 4 is 40.2 Å². The third-order valence-corrected chi connectivity index (χ3v) is 8.52. The minimum atomic E-state index is -1.68. The molecule has 0 aliphatic carbocycles.